The predicted octanol–water partition coefficient (Wildman–Crippen LogP) is 2.63. The van der Waals surface area contributed by atoms with Crippen LogP contribution in [0.3, 0.4) is 0 Å². The maximum absolute atomic E-state index is 10.5. The summed E-state index contributed by atoms with van der Waals surface area (Å²) in [5, 5.41) is 12.3. The van der Waals surface area contributed by atoms with Crippen molar-refractivity contribution < 1.29 is 9.90 Å². The number of nitrogens with one attached hydrogen (secondary N) is 1. The van der Waals surface area contributed by atoms with Crippen molar-refractivity contribution in [2.75, 3.05) is 5.43 Å². The van der Waals surface area contributed by atoms with Crippen molar-refractivity contribution in [3.05, 3.63) is 28.2 Å². The van der Waals surface area contributed by atoms with Gasteiger partial charge in [-0.05, 0) is 31.5 Å². The third kappa shape index (κ3) is 3.06. The van der Waals surface area contributed by atoms with Gasteiger partial charge in [0.2, 0.25) is 0 Å². The van der Waals surface area contributed by atoms with Crippen molar-refractivity contribution in [3.63, 3.8) is 0 Å². The highest BCUT2D eigenvalue weighted by Gasteiger charge is 2.03. The van der Waals surface area contributed by atoms with Gasteiger partial charge in [-0.3, -0.25) is 5.43 Å². The van der Waals surface area contributed by atoms with Crippen LogP contribution >= 0.6 is 15.9 Å². The van der Waals surface area contributed by atoms with Crippen molar-refractivity contribution in [2.45, 2.75) is 13.8 Å². The molecule has 80 valence electrons. The number of nitrogens with zero attached hydrogens (tertiary/aromatic N) is 1. The monoisotopic (exact) mass is 270 g/mol. The van der Waals surface area contributed by atoms with Crippen molar-refractivity contribution in [3.8, 4) is 0 Å². The van der Waals surface area contributed by atoms with Crippen molar-refractivity contribution in [1.29, 1.82) is 0 Å². The van der Waals surface area contributed by atoms with E-state index in [0.717, 1.165) is 15.7 Å². The second-order valence-corrected chi connectivity index (χ2v) is 3.88. The molecule has 0 aliphatic carbocycles. The summed E-state index contributed by atoms with van der Waals surface area (Å²) < 4.78 is 0.954. The van der Waals surface area contributed by atoms with Gasteiger partial charge >= 0.3 is 5.97 Å². The fraction of sp³-hybridized carbons (Fsp3) is 0.200. The first-order chi connectivity index (χ1) is 7.02. The molecule has 0 spiro atoms. The van der Waals surface area contributed by atoms with E-state index in [1.165, 1.54) is 6.92 Å². The van der Waals surface area contributed by atoms with Gasteiger partial charge in [0, 0.05) is 4.47 Å². The molecule has 0 atom stereocenters. The van der Waals surface area contributed by atoms with Crippen LogP contribution in [0.2, 0.25) is 0 Å². The van der Waals surface area contributed by atoms with E-state index >= 15 is 0 Å². The van der Waals surface area contributed by atoms with Crippen LogP contribution in [-0.2, 0) is 4.79 Å². The Morgan fingerprint density at radius 1 is 1.53 bits per heavy atom. The Hall–Kier alpha value is -1.36. The first kappa shape index (κ1) is 11.7. The topological polar surface area (TPSA) is 61.7 Å². The normalized spacial score (nSPS) is 11.3. The second kappa shape index (κ2) is 4.93. The Bertz CT molecular complexity index is 416. The smallest absolute Gasteiger partial charge is 0.351 e. The fourth-order valence-corrected chi connectivity index (χ4v) is 1.29. The minimum absolute atomic E-state index is 0.0226. The van der Waals surface area contributed by atoms with Crippen molar-refractivity contribution >= 4 is 33.3 Å². The van der Waals surface area contributed by atoms with Gasteiger partial charge in [0.05, 0.1) is 5.69 Å². The van der Waals surface area contributed by atoms with Crippen LogP contribution in [0, 0.1) is 6.92 Å². The number of hydrogen-bond donors (Lipinski definition) is 2. The van der Waals surface area contributed by atoms with Crippen LogP contribution in [-0.4, -0.2) is 16.8 Å². The third-order valence-corrected chi connectivity index (χ3v) is 2.78. The second-order valence-electron chi connectivity index (χ2n) is 3.03. The molecule has 0 aromatic heterocycles. The summed E-state index contributed by atoms with van der Waals surface area (Å²) in [4.78, 5) is 10.5. The Kier molecular flexibility index (Phi) is 3.85. The van der Waals surface area contributed by atoms with Crippen LogP contribution in [0.25, 0.3) is 0 Å². The summed E-state index contributed by atoms with van der Waals surface area (Å²) in [6.07, 6.45) is 0. The van der Waals surface area contributed by atoms with Crippen LogP contribution in [0.4, 0.5) is 5.69 Å². The number of rotatable bonds is 3. The zero-order valence-electron chi connectivity index (χ0n) is 8.41. The van der Waals surface area contributed by atoms with Crippen molar-refractivity contribution in [2.24, 2.45) is 5.10 Å². The number of hydrazone groups is 1. The lowest BCUT2D eigenvalue weighted by Crippen LogP contribution is -2.10. The van der Waals surface area contributed by atoms with Crippen LogP contribution < -0.4 is 5.43 Å². The summed E-state index contributed by atoms with van der Waals surface area (Å²) in [5.41, 5.74) is 4.50. The van der Waals surface area contributed by atoms with Crippen molar-refractivity contribution in [1.82, 2.24) is 0 Å². The van der Waals surface area contributed by atoms with Gasteiger partial charge < -0.3 is 5.11 Å². The molecular formula is C10H11BrN2O2. The lowest BCUT2D eigenvalue weighted by molar-refractivity contribution is -0.129. The molecule has 15 heavy (non-hydrogen) atoms. The SMILES string of the molecule is C/C(=N/Nc1cccc(Br)c1C)C(=O)O. The zero-order chi connectivity index (χ0) is 11.4. The number of carbonyl (C=O) groups is 1. The van der Waals surface area contributed by atoms with E-state index in [9.17, 15) is 4.79 Å². The quantitative estimate of drug-likeness (QED) is 0.656. The van der Waals surface area contributed by atoms with Crippen LogP contribution in [0.1, 0.15) is 12.5 Å². The molecule has 5 heteroatoms. The zero-order valence-corrected chi connectivity index (χ0v) is 10.00. The molecule has 0 bridgehead atoms. The highest BCUT2D eigenvalue weighted by molar-refractivity contribution is 9.10. The molecule has 4 nitrogen and oxygen atoms in total. The average molecular weight is 271 g/mol. The molecule has 2 N–H and O–H groups in total. The molecule has 0 saturated heterocycles. The Morgan fingerprint density at radius 3 is 2.80 bits per heavy atom. The molecule has 1 aromatic rings. The lowest BCUT2D eigenvalue weighted by Gasteiger charge is -2.06. The van der Waals surface area contributed by atoms with Gasteiger partial charge in [0.25, 0.3) is 0 Å². The van der Waals surface area contributed by atoms with Gasteiger partial charge in [-0.15, -0.1) is 0 Å². The van der Waals surface area contributed by atoms with Crippen LogP contribution in [0.15, 0.2) is 27.8 Å². The van der Waals surface area contributed by atoms with E-state index in [-0.39, 0.29) is 5.71 Å². The Morgan fingerprint density at radius 2 is 2.20 bits per heavy atom. The molecule has 0 saturated carbocycles. The number of carboxylic acids is 1. The molecule has 0 unspecified atom stereocenters. The summed E-state index contributed by atoms with van der Waals surface area (Å²) in [6, 6.07) is 5.60. The number of carboxylic acid groups (broad SMARTS) is 1. The molecular weight excluding hydrogens is 260 g/mol. The van der Waals surface area contributed by atoms with Gasteiger partial charge in [0.1, 0.15) is 5.71 Å². The van der Waals surface area contributed by atoms with E-state index in [1.54, 1.807) is 0 Å². The molecule has 0 fully saturated rings. The minimum atomic E-state index is -1.03. The molecule has 0 heterocycles. The summed E-state index contributed by atoms with van der Waals surface area (Å²) in [6.45, 7) is 3.35. The molecule has 0 amide bonds. The first-order valence-electron chi connectivity index (χ1n) is 4.31. The first-order valence-corrected chi connectivity index (χ1v) is 5.10. The van der Waals surface area contributed by atoms with Gasteiger partial charge in [0.15, 0.2) is 0 Å². The molecule has 1 rings (SSSR count). The maximum Gasteiger partial charge on any atom is 0.351 e. The predicted molar refractivity (Wildman–Crippen MR) is 63.2 cm³/mol. The summed E-state index contributed by atoms with van der Waals surface area (Å²) in [5.74, 6) is -1.03. The van der Waals surface area contributed by atoms with Gasteiger partial charge in [-0.25, -0.2) is 4.79 Å². The highest BCUT2D eigenvalue weighted by atomic mass is 79.9. The number of benzene rings is 1. The standard InChI is InChI=1S/C10H11BrN2O2/c1-6-8(11)4-3-5-9(6)13-12-7(2)10(14)15/h3-5,13H,1-2H3,(H,14,15)/b12-7-. The lowest BCUT2D eigenvalue weighted by atomic mass is 10.2. The van der Waals surface area contributed by atoms with E-state index < -0.39 is 5.97 Å². The van der Waals surface area contributed by atoms with E-state index in [2.05, 4.69) is 26.5 Å². The molecule has 1 aromatic carbocycles. The number of anilines is 1. The molecule has 0 aliphatic heterocycles. The highest BCUT2D eigenvalue weighted by Crippen LogP contribution is 2.23. The Balaban J connectivity index is 2.87. The minimum Gasteiger partial charge on any atom is -0.477 e. The molecule has 0 aliphatic rings. The number of hydrogen-bond acceptors (Lipinski definition) is 3. The average Bonchev–Trinajstić information content (AvgIpc) is 2.19. The van der Waals surface area contributed by atoms with E-state index in [0.29, 0.717) is 0 Å². The van der Waals surface area contributed by atoms with E-state index in [1.807, 2.05) is 25.1 Å². The summed E-state index contributed by atoms with van der Waals surface area (Å²) >= 11 is 3.38. The third-order valence-electron chi connectivity index (χ3n) is 1.92. The van der Waals surface area contributed by atoms with Crippen LogP contribution in [0.5, 0.6) is 0 Å². The maximum atomic E-state index is 10.5. The summed E-state index contributed by atoms with van der Waals surface area (Å²) in [7, 11) is 0. The number of aliphatic carboxylic acids is 1. The largest absolute Gasteiger partial charge is 0.477 e. The van der Waals surface area contributed by atoms with E-state index in [4.69, 9.17) is 5.11 Å². The number of halogens is 1. The Labute approximate surface area is 96.1 Å². The molecule has 0 radical (unpaired) electrons. The fourth-order valence-electron chi connectivity index (χ4n) is 0.920. The van der Waals surface area contributed by atoms with Gasteiger partial charge in [-0.1, -0.05) is 22.0 Å². The van der Waals surface area contributed by atoms with Gasteiger partial charge in [-0.2, -0.15) is 5.10 Å².